The van der Waals surface area contributed by atoms with Crippen LogP contribution in [0, 0.1) is 5.82 Å². The second kappa shape index (κ2) is 4.87. The number of nitrogens with zero attached hydrogens (tertiary/aromatic N) is 1. The molecule has 0 aliphatic rings. The Morgan fingerprint density at radius 1 is 1.11 bits per heavy atom. The number of aromatic nitrogens is 1. The summed E-state index contributed by atoms with van der Waals surface area (Å²) in [5.41, 5.74) is -1.95. The summed E-state index contributed by atoms with van der Waals surface area (Å²) in [6.45, 7) is -0.111. The molecular formula is C13H9F4NO. The van der Waals surface area contributed by atoms with Gasteiger partial charge >= 0.3 is 6.18 Å². The van der Waals surface area contributed by atoms with Crippen molar-refractivity contribution in [1.82, 2.24) is 4.57 Å². The number of rotatable bonds is 2. The molecule has 0 saturated carbocycles. The van der Waals surface area contributed by atoms with Crippen molar-refractivity contribution in [3.05, 3.63) is 69.9 Å². The van der Waals surface area contributed by atoms with E-state index < -0.39 is 23.1 Å². The second-order valence-electron chi connectivity index (χ2n) is 3.98. The van der Waals surface area contributed by atoms with Crippen molar-refractivity contribution in [2.24, 2.45) is 0 Å². The lowest BCUT2D eigenvalue weighted by Crippen LogP contribution is -2.28. The molecule has 1 heterocycles. The molecule has 6 heteroatoms. The van der Waals surface area contributed by atoms with E-state index in [1.165, 1.54) is 30.5 Å². The first-order valence-corrected chi connectivity index (χ1v) is 5.39. The van der Waals surface area contributed by atoms with Crippen molar-refractivity contribution in [2.75, 3.05) is 0 Å². The third-order valence-electron chi connectivity index (χ3n) is 2.57. The molecule has 2 rings (SSSR count). The fraction of sp³-hybridized carbons (Fsp3) is 0.154. The zero-order chi connectivity index (χ0) is 14.0. The monoisotopic (exact) mass is 271 g/mol. The highest BCUT2D eigenvalue weighted by Gasteiger charge is 2.34. The third kappa shape index (κ3) is 3.01. The van der Waals surface area contributed by atoms with E-state index in [0.717, 1.165) is 16.7 Å². The van der Waals surface area contributed by atoms with Gasteiger partial charge in [-0.3, -0.25) is 4.79 Å². The molecule has 2 aromatic rings. The zero-order valence-electron chi connectivity index (χ0n) is 9.62. The molecule has 0 spiro atoms. The van der Waals surface area contributed by atoms with Gasteiger partial charge in [0.05, 0.1) is 6.54 Å². The van der Waals surface area contributed by atoms with Crippen LogP contribution < -0.4 is 5.56 Å². The molecule has 0 radical (unpaired) electrons. The van der Waals surface area contributed by atoms with Gasteiger partial charge in [-0.1, -0.05) is 12.1 Å². The maximum absolute atomic E-state index is 13.0. The fourth-order valence-corrected chi connectivity index (χ4v) is 1.71. The van der Waals surface area contributed by atoms with E-state index in [2.05, 4.69) is 0 Å². The number of hydrogen-bond acceptors (Lipinski definition) is 1. The van der Waals surface area contributed by atoms with E-state index in [4.69, 9.17) is 0 Å². The van der Waals surface area contributed by atoms with Crippen molar-refractivity contribution in [2.45, 2.75) is 12.7 Å². The first kappa shape index (κ1) is 13.3. The highest BCUT2D eigenvalue weighted by Crippen LogP contribution is 2.26. The quantitative estimate of drug-likeness (QED) is 0.769. The Kier molecular flexibility index (Phi) is 3.42. The third-order valence-corrected chi connectivity index (χ3v) is 2.57. The number of halogens is 4. The summed E-state index contributed by atoms with van der Waals surface area (Å²) < 4.78 is 51.5. The maximum atomic E-state index is 13.0. The van der Waals surface area contributed by atoms with Gasteiger partial charge in [-0.25, -0.2) is 4.39 Å². The largest absolute Gasteiger partial charge is 0.421 e. The predicted octanol–water partition coefficient (Wildman–Crippen LogP) is 3.05. The smallest absolute Gasteiger partial charge is 0.311 e. The van der Waals surface area contributed by atoms with Crippen molar-refractivity contribution in [3.8, 4) is 0 Å². The maximum Gasteiger partial charge on any atom is 0.421 e. The molecule has 19 heavy (non-hydrogen) atoms. The van der Waals surface area contributed by atoms with Crippen molar-refractivity contribution in [1.29, 1.82) is 0 Å². The zero-order valence-corrected chi connectivity index (χ0v) is 9.62. The average Bonchev–Trinajstić information content (AvgIpc) is 2.30. The van der Waals surface area contributed by atoms with Gasteiger partial charge in [0.1, 0.15) is 11.4 Å². The van der Waals surface area contributed by atoms with E-state index in [1.54, 1.807) is 0 Å². The summed E-state index contributed by atoms with van der Waals surface area (Å²) in [6.07, 6.45) is -3.45. The average molecular weight is 271 g/mol. The Hall–Kier alpha value is -2.11. The molecule has 0 unspecified atom stereocenters. The summed E-state index contributed by atoms with van der Waals surface area (Å²) in [7, 11) is 0. The minimum atomic E-state index is -4.69. The van der Waals surface area contributed by atoms with Gasteiger partial charge in [0.25, 0.3) is 5.56 Å². The molecule has 0 aliphatic heterocycles. The van der Waals surface area contributed by atoms with Crippen molar-refractivity contribution >= 4 is 0 Å². The van der Waals surface area contributed by atoms with Gasteiger partial charge in [-0.15, -0.1) is 0 Å². The first-order valence-electron chi connectivity index (χ1n) is 5.39. The van der Waals surface area contributed by atoms with Crippen LogP contribution >= 0.6 is 0 Å². The van der Waals surface area contributed by atoms with Gasteiger partial charge in [-0.2, -0.15) is 13.2 Å². The van der Waals surface area contributed by atoms with E-state index in [9.17, 15) is 22.4 Å². The van der Waals surface area contributed by atoms with Crippen LogP contribution in [0.2, 0.25) is 0 Å². The lowest BCUT2D eigenvalue weighted by molar-refractivity contribution is -0.138. The minimum Gasteiger partial charge on any atom is -0.311 e. The normalized spacial score (nSPS) is 11.6. The Morgan fingerprint density at radius 3 is 2.47 bits per heavy atom. The molecule has 0 atom stereocenters. The molecule has 100 valence electrons. The molecule has 1 aromatic heterocycles. The van der Waals surface area contributed by atoms with Gasteiger partial charge in [-0.05, 0) is 29.8 Å². The first-order chi connectivity index (χ1) is 8.88. The minimum absolute atomic E-state index is 0.111. The predicted molar refractivity (Wildman–Crippen MR) is 61.2 cm³/mol. The molecule has 0 fully saturated rings. The van der Waals surface area contributed by atoms with E-state index in [1.807, 2.05) is 0 Å². The Balaban J connectivity index is 2.40. The van der Waals surface area contributed by atoms with Crippen molar-refractivity contribution < 1.29 is 17.6 Å². The Morgan fingerprint density at radius 2 is 1.84 bits per heavy atom. The fourth-order valence-electron chi connectivity index (χ4n) is 1.71. The van der Waals surface area contributed by atoms with Crippen LogP contribution in [0.4, 0.5) is 17.6 Å². The molecule has 1 aromatic carbocycles. The highest BCUT2D eigenvalue weighted by molar-refractivity contribution is 5.19. The van der Waals surface area contributed by atoms with Gasteiger partial charge in [0.15, 0.2) is 0 Å². The van der Waals surface area contributed by atoms with E-state index in [-0.39, 0.29) is 6.54 Å². The van der Waals surface area contributed by atoms with Crippen LogP contribution in [-0.4, -0.2) is 4.57 Å². The van der Waals surface area contributed by atoms with Crippen molar-refractivity contribution in [3.63, 3.8) is 0 Å². The highest BCUT2D eigenvalue weighted by atomic mass is 19.4. The Labute approximate surface area is 105 Å². The standard InChI is InChI=1S/C13H9F4NO/c14-10-4-1-3-9(7-10)8-18-6-2-5-11(12(18)19)13(15,16)17/h1-7H,8H2. The molecule has 2 nitrogen and oxygen atoms in total. The molecule has 0 amide bonds. The SMILES string of the molecule is O=c1c(C(F)(F)F)cccn1Cc1cccc(F)c1. The van der Waals surface area contributed by atoms with Crippen LogP contribution in [0.5, 0.6) is 0 Å². The summed E-state index contributed by atoms with van der Waals surface area (Å²) >= 11 is 0. The number of hydrogen-bond donors (Lipinski definition) is 0. The molecule has 0 saturated heterocycles. The lowest BCUT2D eigenvalue weighted by Gasteiger charge is -2.10. The van der Waals surface area contributed by atoms with Crippen LogP contribution in [-0.2, 0) is 12.7 Å². The summed E-state index contributed by atoms with van der Waals surface area (Å²) in [6, 6.07) is 7.23. The summed E-state index contributed by atoms with van der Waals surface area (Å²) in [5, 5.41) is 0. The molecule has 0 bridgehead atoms. The molecular weight excluding hydrogens is 262 g/mol. The van der Waals surface area contributed by atoms with Crippen LogP contribution in [0.1, 0.15) is 11.1 Å². The molecule has 0 aliphatic carbocycles. The summed E-state index contributed by atoms with van der Waals surface area (Å²) in [4.78, 5) is 11.7. The number of benzene rings is 1. The van der Waals surface area contributed by atoms with Gasteiger partial charge < -0.3 is 4.57 Å². The lowest BCUT2D eigenvalue weighted by atomic mass is 10.2. The molecule has 0 N–H and O–H groups in total. The topological polar surface area (TPSA) is 22.0 Å². The van der Waals surface area contributed by atoms with E-state index >= 15 is 0 Å². The second-order valence-corrected chi connectivity index (χ2v) is 3.98. The van der Waals surface area contributed by atoms with Gasteiger partial charge in [0, 0.05) is 6.20 Å². The summed E-state index contributed by atoms with van der Waals surface area (Å²) in [5.74, 6) is -0.502. The van der Waals surface area contributed by atoms with E-state index in [0.29, 0.717) is 5.56 Å². The van der Waals surface area contributed by atoms with Crippen LogP contribution in [0.3, 0.4) is 0 Å². The van der Waals surface area contributed by atoms with Crippen LogP contribution in [0.25, 0.3) is 0 Å². The number of pyridine rings is 1. The van der Waals surface area contributed by atoms with Gasteiger partial charge in [0.2, 0.25) is 0 Å². The van der Waals surface area contributed by atoms with Crippen LogP contribution in [0.15, 0.2) is 47.4 Å². The number of alkyl halides is 3. The Bertz CT molecular complexity index is 646.